The summed E-state index contributed by atoms with van der Waals surface area (Å²) in [6, 6.07) is 0. The van der Waals surface area contributed by atoms with E-state index in [0.717, 1.165) is 12.3 Å². The van der Waals surface area contributed by atoms with Crippen LogP contribution in [0.25, 0.3) is 0 Å². The van der Waals surface area contributed by atoms with Gasteiger partial charge in [-0.15, -0.1) is 6.58 Å². The summed E-state index contributed by atoms with van der Waals surface area (Å²) in [6.45, 7) is 14.6. The van der Waals surface area contributed by atoms with E-state index in [2.05, 4.69) is 33.9 Å². The second-order valence-corrected chi connectivity index (χ2v) is 4.50. The first-order valence-electron chi connectivity index (χ1n) is 5.88. The van der Waals surface area contributed by atoms with Crippen LogP contribution in [0, 0.1) is 11.8 Å². The third-order valence-corrected chi connectivity index (χ3v) is 3.12. The van der Waals surface area contributed by atoms with Gasteiger partial charge >= 0.3 is 0 Å². The van der Waals surface area contributed by atoms with Gasteiger partial charge in [-0.3, -0.25) is 0 Å². The molecule has 0 heterocycles. The van der Waals surface area contributed by atoms with Gasteiger partial charge in [0.1, 0.15) is 0 Å². The van der Waals surface area contributed by atoms with E-state index in [-0.39, 0.29) is 0 Å². The summed E-state index contributed by atoms with van der Waals surface area (Å²) in [6.07, 6.45) is 8.31. The first kappa shape index (κ1) is 13.5. The zero-order valence-electron chi connectivity index (χ0n) is 10.2. The lowest BCUT2D eigenvalue weighted by Crippen LogP contribution is -2.04. The monoisotopic (exact) mass is 194 g/mol. The smallest absolute Gasteiger partial charge is 0.0206 e. The Morgan fingerprint density at radius 2 is 1.93 bits per heavy atom. The summed E-state index contributed by atoms with van der Waals surface area (Å²) in [4.78, 5) is 0. The van der Waals surface area contributed by atoms with Crippen molar-refractivity contribution in [1.82, 2.24) is 0 Å². The summed E-state index contributed by atoms with van der Waals surface area (Å²) in [5, 5.41) is 0. The normalized spacial score (nSPS) is 14.8. The lowest BCUT2D eigenvalue weighted by molar-refractivity contribution is 0.422. The van der Waals surface area contributed by atoms with Crippen molar-refractivity contribution < 1.29 is 0 Å². The minimum atomic E-state index is 0.710. The molecule has 0 aromatic heterocycles. The Hall–Kier alpha value is -0.520. The number of rotatable bonds is 8. The van der Waals surface area contributed by atoms with Crippen molar-refractivity contribution in [1.29, 1.82) is 0 Å². The molecule has 0 rings (SSSR count). The molecule has 0 aromatic carbocycles. The van der Waals surface area contributed by atoms with Crippen molar-refractivity contribution in [2.24, 2.45) is 11.8 Å². The highest BCUT2D eigenvalue weighted by atomic mass is 14.2. The van der Waals surface area contributed by atoms with Gasteiger partial charge in [-0.05, 0) is 38.0 Å². The van der Waals surface area contributed by atoms with E-state index in [4.69, 9.17) is 0 Å². The highest BCUT2D eigenvalue weighted by molar-refractivity contribution is 4.96. The van der Waals surface area contributed by atoms with Crippen LogP contribution in [-0.2, 0) is 0 Å². The fourth-order valence-corrected chi connectivity index (χ4v) is 1.65. The Labute approximate surface area is 90.1 Å². The van der Waals surface area contributed by atoms with Crippen LogP contribution in [0.15, 0.2) is 24.8 Å². The Bertz CT molecular complexity index is 167. The summed E-state index contributed by atoms with van der Waals surface area (Å²) in [7, 11) is 0. The first-order valence-corrected chi connectivity index (χ1v) is 5.88. The lowest BCUT2D eigenvalue weighted by Gasteiger charge is -2.18. The summed E-state index contributed by atoms with van der Waals surface area (Å²) in [5.41, 5.74) is 1.34. The van der Waals surface area contributed by atoms with Gasteiger partial charge in [0.15, 0.2) is 0 Å². The van der Waals surface area contributed by atoms with Gasteiger partial charge in [0.25, 0.3) is 0 Å². The van der Waals surface area contributed by atoms with Crippen molar-refractivity contribution in [2.75, 3.05) is 0 Å². The molecule has 0 unspecified atom stereocenters. The fourth-order valence-electron chi connectivity index (χ4n) is 1.65. The predicted octanol–water partition coefficient (Wildman–Crippen LogP) is 4.97. The van der Waals surface area contributed by atoms with Crippen molar-refractivity contribution in [3.63, 3.8) is 0 Å². The SMILES string of the molecule is C=CCC[C@H](CC[C@@H](C)CC)C(=C)C. The molecule has 0 heteroatoms. The number of hydrogen-bond donors (Lipinski definition) is 0. The van der Waals surface area contributed by atoms with Gasteiger partial charge in [0, 0.05) is 0 Å². The lowest BCUT2D eigenvalue weighted by atomic mass is 9.88. The average Bonchev–Trinajstić information content (AvgIpc) is 2.16. The van der Waals surface area contributed by atoms with Crippen molar-refractivity contribution in [2.45, 2.75) is 52.9 Å². The molecule has 2 atom stereocenters. The maximum Gasteiger partial charge on any atom is -0.0206 e. The predicted molar refractivity (Wildman–Crippen MR) is 66.4 cm³/mol. The van der Waals surface area contributed by atoms with E-state index in [1.54, 1.807) is 0 Å². The molecule has 0 radical (unpaired) electrons. The van der Waals surface area contributed by atoms with Crippen LogP contribution in [0.4, 0.5) is 0 Å². The average molecular weight is 194 g/mol. The second-order valence-electron chi connectivity index (χ2n) is 4.50. The van der Waals surface area contributed by atoms with Crippen LogP contribution < -0.4 is 0 Å². The highest BCUT2D eigenvalue weighted by Gasteiger charge is 2.10. The summed E-state index contributed by atoms with van der Waals surface area (Å²) < 4.78 is 0. The molecule has 0 aliphatic heterocycles. The van der Waals surface area contributed by atoms with Crippen LogP contribution in [0.1, 0.15) is 52.9 Å². The molecule has 0 amide bonds. The molecule has 0 aromatic rings. The van der Waals surface area contributed by atoms with Crippen molar-refractivity contribution in [3.8, 4) is 0 Å². The minimum absolute atomic E-state index is 0.710. The molecule has 0 bridgehead atoms. The summed E-state index contributed by atoms with van der Waals surface area (Å²) >= 11 is 0. The number of allylic oxidation sites excluding steroid dienone is 2. The van der Waals surface area contributed by atoms with Crippen molar-refractivity contribution in [3.05, 3.63) is 24.8 Å². The Kier molecular flexibility index (Phi) is 7.55. The van der Waals surface area contributed by atoms with E-state index in [9.17, 15) is 0 Å². The van der Waals surface area contributed by atoms with Crippen LogP contribution in [0.5, 0.6) is 0 Å². The second kappa shape index (κ2) is 7.84. The Morgan fingerprint density at radius 1 is 1.29 bits per heavy atom. The molecule has 82 valence electrons. The van der Waals surface area contributed by atoms with Gasteiger partial charge in [0.05, 0.1) is 0 Å². The van der Waals surface area contributed by atoms with Crippen molar-refractivity contribution >= 4 is 0 Å². The molecule has 14 heavy (non-hydrogen) atoms. The van der Waals surface area contributed by atoms with Gasteiger partial charge in [-0.2, -0.15) is 0 Å². The summed E-state index contributed by atoms with van der Waals surface area (Å²) in [5.74, 6) is 1.57. The molecule has 0 aliphatic carbocycles. The van der Waals surface area contributed by atoms with Crippen LogP contribution in [-0.4, -0.2) is 0 Å². The molecular weight excluding hydrogens is 168 g/mol. The largest absolute Gasteiger partial charge is 0.103 e. The molecular formula is C14H26. The quantitative estimate of drug-likeness (QED) is 0.478. The molecule has 0 nitrogen and oxygen atoms in total. The maximum atomic E-state index is 4.08. The van der Waals surface area contributed by atoms with E-state index < -0.39 is 0 Å². The van der Waals surface area contributed by atoms with E-state index in [0.29, 0.717) is 5.92 Å². The number of hydrogen-bond acceptors (Lipinski definition) is 0. The van der Waals surface area contributed by atoms with Gasteiger partial charge in [0.2, 0.25) is 0 Å². The third kappa shape index (κ3) is 6.01. The molecule has 0 N–H and O–H groups in total. The first-order chi connectivity index (χ1) is 6.61. The standard InChI is InChI=1S/C14H26/c1-6-8-9-14(12(3)4)11-10-13(5)7-2/h6,13-14H,1,3,7-11H2,2,4-5H3/t13-,14+/m0/s1. The molecule has 0 saturated carbocycles. The molecule has 0 fully saturated rings. The maximum absolute atomic E-state index is 4.08. The van der Waals surface area contributed by atoms with Gasteiger partial charge in [-0.25, -0.2) is 0 Å². The zero-order valence-corrected chi connectivity index (χ0v) is 10.2. The highest BCUT2D eigenvalue weighted by Crippen LogP contribution is 2.24. The van der Waals surface area contributed by atoms with Crippen LogP contribution in [0.2, 0.25) is 0 Å². The molecule has 0 saturated heterocycles. The van der Waals surface area contributed by atoms with Gasteiger partial charge in [-0.1, -0.05) is 44.9 Å². The van der Waals surface area contributed by atoms with E-state index in [1.165, 1.54) is 31.3 Å². The Morgan fingerprint density at radius 3 is 2.36 bits per heavy atom. The molecule has 0 aliphatic rings. The van der Waals surface area contributed by atoms with Gasteiger partial charge < -0.3 is 0 Å². The topological polar surface area (TPSA) is 0 Å². The fraction of sp³-hybridized carbons (Fsp3) is 0.714. The zero-order chi connectivity index (χ0) is 11.0. The minimum Gasteiger partial charge on any atom is -0.103 e. The third-order valence-electron chi connectivity index (χ3n) is 3.12. The Balaban J connectivity index is 3.84. The van der Waals surface area contributed by atoms with Crippen LogP contribution in [0.3, 0.4) is 0 Å². The van der Waals surface area contributed by atoms with E-state index >= 15 is 0 Å². The molecule has 0 spiro atoms. The van der Waals surface area contributed by atoms with E-state index in [1.807, 2.05) is 6.08 Å². The van der Waals surface area contributed by atoms with Crippen LogP contribution >= 0.6 is 0 Å².